The first-order valence-electron chi connectivity index (χ1n) is 10.7. The zero-order valence-electron chi connectivity index (χ0n) is 18.6. The zero-order chi connectivity index (χ0) is 21.7. The normalized spacial score (nSPS) is 17.8. The van der Waals surface area contributed by atoms with Gasteiger partial charge in [-0.2, -0.15) is 0 Å². The van der Waals surface area contributed by atoms with Crippen LogP contribution in [0.25, 0.3) is 0 Å². The maximum absolute atomic E-state index is 13.3. The number of fused-ring (bicyclic) bond motifs is 2. The summed E-state index contributed by atoms with van der Waals surface area (Å²) in [6, 6.07) is 5.68. The van der Waals surface area contributed by atoms with E-state index in [1.807, 2.05) is 30.0 Å². The van der Waals surface area contributed by atoms with Gasteiger partial charge in [0.25, 0.3) is 11.5 Å². The first kappa shape index (κ1) is 20.6. The number of nitrogens with zero attached hydrogens (tertiary/aromatic N) is 2. The minimum Gasteiger partial charge on any atom is -0.496 e. The van der Waals surface area contributed by atoms with Gasteiger partial charge in [-0.1, -0.05) is 32.9 Å². The molecule has 1 N–H and O–H groups in total. The van der Waals surface area contributed by atoms with Crippen molar-refractivity contribution >= 4 is 5.91 Å². The molecular formula is C24H31N3O3. The molecule has 1 aliphatic heterocycles. The number of methoxy groups -OCH3 is 1. The molecule has 1 aromatic heterocycles. The van der Waals surface area contributed by atoms with Gasteiger partial charge in [-0.15, -0.1) is 0 Å². The predicted octanol–water partition coefficient (Wildman–Crippen LogP) is 3.50. The van der Waals surface area contributed by atoms with Crippen LogP contribution < -0.4 is 10.3 Å². The highest BCUT2D eigenvalue weighted by atomic mass is 16.5. The molecule has 2 aromatic rings. The van der Waals surface area contributed by atoms with Gasteiger partial charge in [0.1, 0.15) is 11.6 Å². The summed E-state index contributed by atoms with van der Waals surface area (Å²) >= 11 is 0. The van der Waals surface area contributed by atoms with Crippen LogP contribution in [0.15, 0.2) is 23.0 Å². The van der Waals surface area contributed by atoms with Gasteiger partial charge >= 0.3 is 0 Å². The third-order valence-corrected chi connectivity index (χ3v) is 6.76. The number of hydrogen-bond acceptors (Lipinski definition) is 4. The van der Waals surface area contributed by atoms with Crippen LogP contribution in [-0.2, 0) is 17.3 Å². The van der Waals surface area contributed by atoms with Crippen molar-refractivity contribution in [1.82, 2.24) is 14.9 Å². The fourth-order valence-corrected chi connectivity index (χ4v) is 4.87. The number of ether oxygens (including phenoxy) is 1. The lowest BCUT2D eigenvalue weighted by Gasteiger charge is -2.40. The number of hydrogen-bond donors (Lipinski definition) is 1. The topological polar surface area (TPSA) is 75.3 Å². The van der Waals surface area contributed by atoms with Gasteiger partial charge in [-0.3, -0.25) is 9.59 Å². The Morgan fingerprint density at radius 1 is 1.20 bits per heavy atom. The van der Waals surface area contributed by atoms with Crippen LogP contribution in [0.2, 0.25) is 0 Å². The fraction of sp³-hybridized carbons (Fsp3) is 0.542. The van der Waals surface area contributed by atoms with E-state index < -0.39 is 0 Å². The Morgan fingerprint density at radius 2 is 1.90 bits per heavy atom. The molecule has 1 amide bonds. The molecule has 2 aliphatic rings. The Bertz CT molecular complexity index is 1040. The second-order valence-corrected chi connectivity index (χ2v) is 9.72. The van der Waals surface area contributed by atoms with Crippen LogP contribution in [0, 0.1) is 6.92 Å². The Morgan fingerprint density at radius 3 is 2.53 bits per heavy atom. The fourth-order valence-electron chi connectivity index (χ4n) is 4.87. The van der Waals surface area contributed by atoms with Crippen LogP contribution in [-0.4, -0.2) is 41.0 Å². The molecule has 0 unspecified atom stereocenters. The van der Waals surface area contributed by atoms with Gasteiger partial charge in [0.2, 0.25) is 0 Å². The van der Waals surface area contributed by atoms with Gasteiger partial charge < -0.3 is 14.6 Å². The second kappa shape index (κ2) is 7.25. The third-order valence-electron chi connectivity index (χ3n) is 6.76. The van der Waals surface area contributed by atoms with Crippen molar-refractivity contribution in [3.63, 3.8) is 0 Å². The SMILES string of the molecule is COc1cccc(C)c1C(=O)N1CCC2(CCc3c2nc(C(C)(C)C)[nH]c3=O)CC1. The number of carbonyl (C=O) groups excluding carboxylic acids is 1. The van der Waals surface area contributed by atoms with E-state index >= 15 is 0 Å². The second-order valence-electron chi connectivity index (χ2n) is 9.72. The van der Waals surface area contributed by atoms with Gasteiger partial charge in [-0.25, -0.2) is 4.98 Å². The Kier molecular flexibility index (Phi) is 4.99. The van der Waals surface area contributed by atoms with Crippen molar-refractivity contribution in [2.45, 2.75) is 64.2 Å². The molecule has 160 valence electrons. The maximum Gasteiger partial charge on any atom is 0.257 e. The Hall–Kier alpha value is -2.63. The number of aryl methyl sites for hydroxylation is 1. The summed E-state index contributed by atoms with van der Waals surface area (Å²) in [6.07, 6.45) is 3.36. The summed E-state index contributed by atoms with van der Waals surface area (Å²) in [5, 5.41) is 0. The average molecular weight is 410 g/mol. The molecule has 4 rings (SSSR count). The Balaban J connectivity index is 1.60. The standard InChI is InChI=1S/C24H31N3O3/c1-15-7-6-8-17(30-5)18(15)21(29)27-13-11-24(12-14-27)10-9-16-19(24)25-22(23(2,3)4)26-20(16)28/h6-8H,9-14H2,1-5H3,(H,25,26,28). The monoisotopic (exact) mass is 409 g/mol. The Labute approximate surface area is 177 Å². The minimum absolute atomic E-state index is 0.00459. The summed E-state index contributed by atoms with van der Waals surface area (Å²) < 4.78 is 5.44. The molecule has 1 aliphatic carbocycles. The highest BCUT2D eigenvalue weighted by Crippen LogP contribution is 2.45. The maximum atomic E-state index is 13.3. The van der Waals surface area contributed by atoms with E-state index in [-0.39, 0.29) is 22.3 Å². The van der Waals surface area contributed by atoms with Crippen molar-refractivity contribution in [1.29, 1.82) is 0 Å². The van der Waals surface area contributed by atoms with Crippen LogP contribution in [0.4, 0.5) is 0 Å². The quantitative estimate of drug-likeness (QED) is 0.824. The van der Waals surface area contributed by atoms with E-state index in [0.29, 0.717) is 24.4 Å². The van der Waals surface area contributed by atoms with Crippen LogP contribution in [0.1, 0.15) is 73.0 Å². The third kappa shape index (κ3) is 3.32. The molecule has 0 bridgehead atoms. The van der Waals surface area contributed by atoms with Crippen molar-refractivity contribution < 1.29 is 9.53 Å². The van der Waals surface area contributed by atoms with Crippen LogP contribution in [0.5, 0.6) is 5.75 Å². The van der Waals surface area contributed by atoms with E-state index in [2.05, 4.69) is 25.8 Å². The largest absolute Gasteiger partial charge is 0.496 e. The van der Waals surface area contributed by atoms with Crippen LogP contribution in [0.3, 0.4) is 0 Å². The number of H-pyrrole nitrogens is 1. The molecule has 1 spiro atoms. The molecule has 1 saturated heterocycles. The van der Waals surface area contributed by atoms with E-state index in [1.165, 1.54) is 0 Å². The smallest absolute Gasteiger partial charge is 0.257 e. The summed E-state index contributed by atoms with van der Waals surface area (Å²) in [5.41, 5.74) is 3.07. The van der Waals surface area contributed by atoms with E-state index in [0.717, 1.165) is 48.3 Å². The summed E-state index contributed by atoms with van der Waals surface area (Å²) in [6.45, 7) is 9.46. The highest BCUT2D eigenvalue weighted by Gasteiger charge is 2.45. The molecule has 0 atom stereocenters. The van der Waals surface area contributed by atoms with E-state index in [1.54, 1.807) is 7.11 Å². The van der Waals surface area contributed by atoms with Crippen LogP contribution >= 0.6 is 0 Å². The number of rotatable bonds is 2. The number of benzene rings is 1. The molecule has 0 radical (unpaired) electrons. The molecule has 30 heavy (non-hydrogen) atoms. The summed E-state index contributed by atoms with van der Waals surface area (Å²) in [7, 11) is 1.60. The first-order chi connectivity index (χ1) is 14.2. The lowest BCUT2D eigenvalue weighted by molar-refractivity contribution is 0.0659. The summed E-state index contributed by atoms with van der Waals surface area (Å²) in [4.78, 5) is 35.8. The molecule has 6 nitrogen and oxygen atoms in total. The molecule has 1 aromatic carbocycles. The highest BCUT2D eigenvalue weighted by molar-refractivity contribution is 5.98. The van der Waals surface area contributed by atoms with E-state index in [4.69, 9.17) is 9.72 Å². The van der Waals surface area contributed by atoms with Crippen molar-refractivity contribution in [2.24, 2.45) is 0 Å². The number of piperidine rings is 1. The van der Waals surface area contributed by atoms with Gasteiger partial charge in [0, 0.05) is 29.5 Å². The average Bonchev–Trinajstić information content (AvgIpc) is 3.06. The van der Waals surface area contributed by atoms with Crippen molar-refractivity contribution in [3.05, 3.63) is 56.8 Å². The van der Waals surface area contributed by atoms with E-state index in [9.17, 15) is 9.59 Å². The number of amides is 1. The number of aromatic amines is 1. The predicted molar refractivity (Wildman–Crippen MR) is 116 cm³/mol. The summed E-state index contributed by atoms with van der Waals surface area (Å²) in [5.74, 6) is 1.39. The lowest BCUT2D eigenvalue weighted by atomic mass is 9.76. The molecule has 6 heteroatoms. The number of aromatic nitrogens is 2. The molecular weight excluding hydrogens is 378 g/mol. The van der Waals surface area contributed by atoms with Gasteiger partial charge in [-0.05, 0) is 44.2 Å². The molecule has 2 heterocycles. The molecule has 1 fully saturated rings. The zero-order valence-corrected chi connectivity index (χ0v) is 18.6. The minimum atomic E-state index is -0.212. The number of carbonyl (C=O) groups is 1. The number of nitrogens with one attached hydrogen (secondary N) is 1. The van der Waals surface area contributed by atoms with Gasteiger partial charge in [0.15, 0.2) is 0 Å². The van der Waals surface area contributed by atoms with Gasteiger partial charge in [0.05, 0.1) is 18.4 Å². The van der Waals surface area contributed by atoms with Crippen molar-refractivity contribution in [3.8, 4) is 5.75 Å². The lowest BCUT2D eigenvalue weighted by Crippen LogP contribution is -2.45. The molecule has 0 saturated carbocycles. The first-order valence-corrected chi connectivity index (χ1v) is 10.7. The number of likely N-dealkylation sites (tertiary alicyclic amines) is 1. The van der Waals surface area contributed by atoms with Crippen molar-refractivity contribution in [2.75, 3.05) is 20.2 Å².